The number of hydrogen-bond donors (Lipinski definition) is 1. The van der Waals surface area contributed by atoms with E-state index in [1.54, 1.807) is 6.07 Å². The number of nitrogens with zero attached hydrogens (tertiary/aromatic N) is 1. The third-order valence-electron chi connectivity index (χ3n) is 2.82. The Hall–Kier alpha value is -1.62. The Labute approximate surface area is 99.4 Å². The zero-order valence-electron chi connectivity index (χ0n) is 9.68. The molecule has 0 aromatic carbocycles. The predicted molar refractivity (Wildman–Crippen MR) is 60.3 cm³/mol. The molecular formula is C12H15NO4. The lowest BCUT2D eigenvalue weighted by Crippen LogP contribution is -2.14. The molecular weight excluding hydrogens is 222 g/mol. The molecule has 1 unspecified atom stereocenters. The van der Waals surface area contributed by atoms with Gasteiger partial charge in [-0.3, -0.25) is 0 Å². The van der Waals surface area contributed by atoms with Crippen LogP contribution in [-0.2, 0) is 4.74 Å². The number of hydrogen-bond acceptors (Lipinski definition) is 4. The molecule has 0 saturated carbocycles. The molecule has 0 radical (unpaired) electrons. The molecule has 2 heterocycles. The number of aromatic nitrogens is 1. The van der Waals surface area contributed by atoms with E-state index in [1.165, 1.54) is 13.2 Å². The average Bonchev–Trinajstić information content (AvgIpc) is 2.39. The van der Waals surface area contributed by atoms with Gasteiger partial charge in [0.05, 0.1) is 18.9 Å². The van der Waals surface area contributed by atoms with Crippen LogP contribution in [-0.4, -0.2) is 29.8 Å². The van der Waals surface area contributed by atoms with E-state index in [1.807, 2.05) is 0 Å². The van der Waals surface area contributed by atoms with Crippen molar-refractivity contribution in [2.45, 2.75) is 25.4 Å². The number of carbonyl (C=O) groups is 1. The van der Waals surface area contributed by atoms with Gasteiger partial charge < -0.3 is 14.6 Å². The summed E-state index contributed by atoms with van der Waals surface area (Å²) in [6, 6.07) is 3.21. The minimum Gasteiger partial charge on any atom is -0.480 e. The molecule has 1 saturated heterocycles. The quantitative estimate of drug-likeness (QED) is 0.871. The molecule has 0 aliphatic carbocycles. The Balaban J connectivity index is 2.27. The van der Waals surface area contributed by atoms with E-state index in [-0.39, 0.29) is 17.5 Å². The third kappa shape index (κ3) is 2.55. The first-order valence-electron chi connectivity index (χ1n) is 5.62. The predicted octanol–water partition coefficient (Wildman–Crippen LogP) is 2.03. The summed E-state index contributed by atoms with van der Waals surface area (Å²) in [6.45, 7) is 0.731. The highest BCUT2D eigenvalue weighted by atomic mass is 16.5. The average molecular weight is 237 g/mol. The Bertz CT molecular complexity index is 413. The van der Waals surface area contributed by atoms with E-state index in [4.69, 9.17) is 14.6 Å². The summed E-state index contributed by atoms with van der Waals surface area (Å²) in [7, 11) is 1.42. The monoisotopic (exact) mass is 237 g/mol. The molecule has 1 atom stereocenters. The highest BCUT2D eigenvalue weighted by Gasteiger charge is 2.20. The van der Waals surface area contributed by atoms with Gasteiger partial charge in [-0.2, -0.15) is 0 Å². The smallest absolute Gasteiger partial charge is 0.341 e. The second-order valence-corrected chi connectivity index (χ2v) is 3.95. The van der Waals surface area contributed by atoms with E-state index in [9.17, 15) is 4.79 Å². The topological polar surface area (TPSA) is 68.7 Å². The van der Waals surface area contributed by atoms with Crippen LogP contribution in [0.1, 0.15) is 41.4 Å². The van der Waals surface area contributed by atoms with Gasteiger partial charge in [-0.05, 0) is 31.4 Å². The van der Waals surface area contributed by atoms with Gasteiger partial charge in [-0.1, -0.05) is 0 Å². The fraction of sp³-hybridized carbons (Fsp3) is 0.500. The van der Waals surface area contributed by atoms with Gasteiger partial charge in [0.25, 0.3) is 0 Å². The first kappa shape index (κ1) is 11.9. The maximum atomic E-state index is 10.9. The molecule has 1 aromatic heterocycles. The molecule has 1 aliphatic heterocycles. The van der Waals surface area contributed by atoms with Gasteiger partial charge in [-0.25, -0.2) is 9.78 Å². The van der Waals surface area contributed by atoms with Crippen molar-refractivity contribution >= 4 is 5.97 Å². The number of rotatable bonds is 3. The fourth-order valence-electron chi connectivity index (χ4n) is 1.93. The normalized spacial score (nSPS) is 19.9. The standard InChI is InChI=1S/C12H15NO4/c1-16-11-8(12(14)15)5-6-9(13-11)10-4-2-3-7-17-10/h5-6,10H,2-4,7H2,1H3,(H,14,15). The molecule has 0 spiro atoms. The summed E-state index contributed by atoms with van der Waals surface area (Å²) in [6.07, 6.45) is 3.05. The van der Waals surface area contributed by atoms with Crippen LogP contribution in [0.2, 0.25) is 0 Å². The number of ether oxygens (including phenoxy) is 2. The van der Waals surface area contributed by atoms with Crippen molar-refractivity contribution in [1.29, 1.82) is 0 Å². The highest BCUT2D eigenvalue weighted by Crippen LogP contribution is 2.28. The van der Waals surface area contributed by atoms with Gasteiger partial charge in [0.15, 0.2) is 0 Å². The second kappa shape index (κ2) is 5.14. The molecule has 0 amide bonds. The first-order chi connectivity index (χ1) is 8.22. The van der Waals surface area contributed by atoms with Crippen LogP contribution in [0.25, 0.3) is 0 Å². The summed E-state index contributed by atoms with van der Waals surface area (Å²) in [5.41, 5.74) is 0.818. The first-order valence-corrected chi connectivity index (χ1v) is 5.62. The summed E-state index contributed by atoms with van der Waals surface area (Å²) >= 11 is 0. The maximum Gasteiger partial charge on any atom is 0.341 e. The zero-order chi connectivity index (χ0) is 12.3. The number of methoxy groups -OCH3 is 1. The van der Waals surface area contributed by atoms with E-state index >= 15 is 0 Å². The minimum atomic E-state index is -1.04. The lowest BCUT2D eigenvalue weighted by atomic mass is 10.1. The summed E-state index contributed by atoms with van der Waals surface area (Å²) in [5, 5.41) is 8.95. The van der Waals surface area contributed by atoms with Crippen LogP contribution in [0.15, 0.2) is 12.1 Å². The Morgan fingerprint density at radius 1 is 1.53 bits per heavy atom. The van der Waals surface area contributed by atoms with Crippen molar-refractivity contribution < 1.29 is 19.4 Å². The molecule has 5 nitrogen and oxygen atoms in total. The highest BCUT2D eigenvalue weighted by molar-refractivity contribution is 5.90. The van der Waals surface area contributed by atoms with Gasteiger partial charge in [-0.15, -0.1) is 0 Å². The summed E-state index contributed by atoms with van der Waals surface area (Å²) in [4.78, 5) is 15.1. The Kier molecular flexibility index (Phi) is 3.58. The molecule has 0 bridgehead atoms. The molecule has 17 heavy (non-hydrogen) atoms. The number of carboxylic acid groups (broad SMARTS) is 1. The zero-order valence-corrected chi connectivity index (χ0v) is 9.68. The van der Waals surface area contributed by atoms with Crippen molar-refractivity contribution in [3.05, 3.63) is 23.4 Å². The van der Waals surface area contributed by atoms with Crippen molar-refractivity contribution in [3.8, 4) is 5.88 Å². The fourth-order valence-corrected chi connectivity index (χ4v) is 1.93. The molecule has 5 heteroatoms. The van der Waals surface area contributed by atoms with Gasteiger partial charge >= 0.3 is 5.97 Å². The van der Waals surface area contributed by atoms with Crippen LogP contribution >= 0.6 is 0 Å². The van der Waals surface area contributed by atoms with E-state index in [0.717, 1.165) is 31.6 Å². The SMILES string of the molecule is COc1nc(C2CCCCO2)ccc1C(=O)O. The van der Waals surface area contributed by atoms with Crippen molar-refractivity contribution in [3.63, 3.8) is 0 Å². The third-order valence-corrected chi connectivity index (χ3v) is 2.82. The number of aromatic carboxylic acids is 1. The van der Waals surface area contributed by atoms with Crippen molar-refractivity contribution in [2.24, 2.45) is 0 Å². The molecule has 1 aliphatic rings. The van der Waals surface area contributed by atoms with Crippen LogP contribution in [0, 0.1) is 0 Å². The maximum absolute atomic E-state index is 10.9. The Morgan fingerprint density at radius 3 is 2.94 bits per heavy atom. The lowest BCUT2D eigenvalue weighted by molar-refractivity contribution is 0.0120. The van der Waals surface area contributed by atoms with Gasteiger partial charge in [0.1, 0.15) is 5.56 Å². The number of pyridine rings is 1. The van der Waals surface area contributed by atoms with Crippen molar-refractivity contribution in [1.82, 2.24) is 4.98 Å². The molecule has 92 valence electrons. The van der Waals surface area contributed by atoms with Crippen LogP contribution < -0.4 is 4.74 Å². The molecule has 1 fully saturated rings. The van der Waals surface area contributed by atoms with Gasteiger partial charge in [0, 0.05) is 6.61 Å². The van der Waals surface area contributed by atoms with Crippen molar-refractivity contribution in [2.75, 3.05) is 13.7 Å². The molecule has 1 N–H and O–H groups in total. The van der Waals surface area contributed by atoms with Crippen LogP contribution in [0.5, 0.6) is 5.88 Å². The van der Waals surface area contributed by atoms with E-state index < -0.39 is 5.97 Å². The van der Waals surface area contributed by atoms with Gasteiger partial charge in [0.2, 0.25) is 5.88 Å². The largest absolute Gasteiger partial charge is 0.480 e. The second-order valence-electron chi connectivity index (χ2n) is 3.95. The van der Waals surface area contributed by atoms with E-state index in [0.29, 0.717) is 0 Å². The lowest BCUT2D eigenvalue weighted by Gasteiger charge is -2.22. The molecule has 2 rings (SSSR count). The number of carboxylic acids is 1. The molecule has 1 aromatic rings. The van der Waals surface area contributed by atoms with Crippen LogP contribution in [0.4, 0.5) is 0 Å². The minimum absolute atomic E-state index is 0.0412. The summed E-state index contributed by atoms with van der Waals surface area (Å²) < 4.78 is 10.6. The summed E-state index contributed by atoms with van der Waals surface area (Å²) in [5.74, 6) is -0.894. The van der Waals surface area contributed by atoms with E-state index in [2.05, 4.69) is 4.98 Å². The van der Waals surface area contributed by atoms with Crippen LogP contribution in [0.3, 0.4) is 0 Å². The Morgan fingerprint density at radius 2 is 2.35 bits per heavy atom.